The van der Waals surface area contributed by atoms with Crippen molar-refractivity contribution in [3.05, 3.63) is 142 Å². The van der Waals surface area contributed by atoms with Gasteiger partial charge in [0.05, 0.1) is 18.1 Å². The minimum Gasteiger partial charge on any atom is -0.347 e. The molecule has 0 radical (unpaired) electrons. The molecule has 15 heteroatoms. The number of fused-ring (bicyclic) bond motifs is 2. The molecule has 5 N–H and O–H groups in total. The van der Waals surface area contributed by atoms with Crippen LogP contribution in [0.3, 0.4) is 0 Å². The summed E-state index contributed by atoms with van der Waals surface area (Å²) < 4.78 is 0. The van der Waals surface area contributed by atoms with E-state index >= 15 is 9.59 Å². The predicted octanol–water partition coefficient (Wildman–Crippen LogP) is 8.12. The van der Waals surface area contributed by atoms with Crippen LogP contribution in [0.2, 0.25) is 0 Å². The van der Waals surface area contributed by atoms with Gasteiger partial charge in [-0.2, -0.15) is 0 Å². The normalized spacial score (nSPS) is 20.0. The van der Waals surface area contributed by atoms with Crippen LogP contribution in [-0.2, 0) is 54.7 Å². The van der Waals surface area contributed by atoms with Crippen LogP contribution in [0.4, 0.5) is 0 Å². The van der Waals surface area contributed by atoms with E-state index in [1.807, 2.05) is 145 Å². The Kier molecular flexibility index (Phi) is 19.6. The van der Waals surface area contributed by atoms with Crippen molar-refractivity contribution in [3.63, 3.8) is 0 Å². The molecule has 0 aromatic heterocycles. The van der Waals surface area contributed by atoms with Gasteiger partial charge in [-0.3, -0.25) is 33.6 Å². The molecule has 1 aliphatic carbocycles. The molecule has 3 aliphatic rings. The molecule has 1 unspecified atom stereocenters. The van der Waals surface area contributed by atoms with E-state index in [1.54, 1.807) is 31.0 Å². The van der Waals surface area contributed by atoms with Crippen molar-refractivity contribution in [2.45, 2.75) is 182 Å². The average Bonchev–Trinajstić information content (AvgIpc) is 3.92. The smallest absolute Gasteiger partial charge is 0.251 e. The molecule has 9 atom stereocenters. The van der Waals surface area contributed by atoms with Gasteiger partial charge in [-0.1, -0.05) is 160 Å². The van der Waals surface area contributed by atoms with Crippen molar-refractivity contribution < 1.29 is 33.6 Å². The van der Waals surface area contributed by atoms with Gasteiger partial charge in [-0.25, -0.2) is 0 Å². The maximum atomic E-state index is 15.7. The van der Waals surface area contributed by atoms with Gasteiger partial charge in [0.15, 0.2) is 0 Å². The van der Waals surface area contributed by atoms with Crippen LogP contribution < -0.4 is 26.6 Å². The van der Waals surface area contributed by atoms with Crippen molar-refractivity contribution in [2.75, 3.05) is 13.6 Å². The number of likely N-dealkylation sites (N-methyl/N-ethyl adjacent to an activating group) is 1. The third kappa shape index (κ3) is 14.3. The van der Waals surface area contributed by atoms with Crippen molar-refractivity contribution >= 4 is 41.4 Å². The molecule has 15 nitrogen and oxygen atoms in total. The number of amides is 7. The van der Waals surface area contributed by atoms with E-state index in [2.05, 4.69) is 39.6 Å². The Labute approximate surface area is 468 Å². The van der Waals surface area contributed by atoms with Crippen molar-refractivity contribution in [2.24, 2.45) is 16.7 Å². The third-order valence-electron chi connectivity index (χ3n) is 16.4. The second-order valence-electron chi connectivity index (χ2n) is 24.3. The average molecular weight is 1080 g/mol. The number of aryl methyl sites for hydroxylation is 1. The maximum absolute atomic E-state index is 15.7. The van der Waals surface area contributed by atoms with Crippen LogP contribution >= 0.6 is 0 Å². The van der Waals surface area contributed by atoms with E-state index in [1.165, 1.54) is 10.5 Å². The first-order valence-electron chi connectivity index (χ1n) is 28.6. The number of nitrogens with one attached hydrogen (secondary N) is 5. The number of carbonyl (C=O) groups is 7. The number of hydrogen-bond acceptors (Lipinski definition) is 8. The van der Waals surface area contributed by atoms with Crippen LogP contribution in [0.15, 0.2) is 103 Å². The Morgan fingerprint density at radius 3 is 1.90 bits per heavy atom. The Bertz CT molecular complexity index is 2810. The lowest BCUT2D eigenvalue weighted by atomic mass is 9.83. The monoisotopic (exact) mass is 1080 g/mol. The molecule has 7 rings (SSSR count). The van der Waals surface area contributed by atoms with E-state index in [4.69, 9.17) is 0 Å². The zero-order valence-corrected chi connectivity index (χ0v) is 48.5. The molecule has 1 fully saturated rings. The van der Waals surface area contributed by atoms with Crippen molar-refractivity contribution in [1.82, 2.24) is 41.3 Å². The molecule has 79 heavy (non-hydrogen) atoms. The van der Waals surface area contributed by atoms with Crippen LogP contribution in [0.25, 0.3) is 0 Å². The first-order chi connectivity index (χ1) is 37.5. The predicted molar refractivity (Wildman–Crippen MR) is 308 cm³/mol. The van der Waals surface area contributed by atoms with Gasteiger partial charge in [0.2, 0.25) is 35.4 Å². The molecule has 0 spiro atoms. The zero-order valence-electron chi connectivity index (χ0n) is 48.5. The van der Waals surface area contributed by atoms with Crippen LogP contribution in [0.5, 0.6) is 0 Å². The fraction of sp³-hybridized carbons (Fsp3) is 0.516. The van der Waals surface area contributed by atoms with Crippen LogP contribution in [0.1, 0.15) is 164 Å². The standard InChI is InChI=1S/C64H86N8O7/c1-12-22-51(44-24-15-14-16-25-44)70(60(77)53-35-46-26-17-18-27-47(46)38-71(53)61(78)54(63(5,6)7)68-56(73)40(3)13-2)37-42-31-33-45(34-32-42)58(75)66-48-36-52(59(76)67-50-30-21-28-43-23-19-20-29-49(43)50)72(39-48)62(79)55(64(8,9)10)69-57(74)41(4)65-11/h14-20,23-27,29,31-34,40-41,48,50-55,65H,12-13,21-22,28,30,35-39H2,1-11H3,(H,66,75)(H,67,76)(H,68,73)(H,69,74)/t40-,41+,48?,50-,51-,52+,53+,54-,55-/m1/s1. The minimum absolute atomic E-state index is 0.0489. The zero-order chi connectivity index (χ0) is 57.3. The van der Waals surface area contributed by atoms with Gasteiger partial charge in [0, 0.05) is 43.6 Å². The van der Waals surface area contributed by atoms with E-state index in [0.29, 0.717) is 24.8 Å². The number of carbonyl (C=O) groups excluding carboxylic acids is 7. The SMILES string of the molecule is CCC[C@H](c1ccccc1)N(Cc1ccc(C(=O)NC2C[C@@H](C(=O)N[C@@H]3CCCc4ccccc43)N(C(=O)[C@@H](NC(=O)[C@H](C)NC)C(C)(C)C)C2)cc1)C(=O)[C@@H]1Cc2ccccc2CN1C(=O)[C@@H](NC(=O)[C@H](C)CC)C(C)(C)C. The topological polar surface area (TPSA) is 189 Å². The Morgan fingerprint density at radius 2 is 1.28 bits per heavy atom. The quantitative estimate of drug-likeness (QED) is 0.0623. The van der Waals surface area contributed by atoms with E-state index in [-0.39, 0.29) is 79.5 Å². The van der Waals surface area contributed by atoms with Gasteiger partial charge in [0.25, 0.3) is 5.91 Å². The molecule has 4 aromatic rings. The lowest BCUT2D eigenvalue weighted by molar-refractivity contribution is -0.152. The Hall–Kier alpha value is -6.87. The summed E-state index contributed by atoms with van der Waals surface area (Å²) in [5.74, 6) is -2.49. The first-order valence-corrected chi connectivity index (χ1v) is 28.6. The highest BCUT2D eigenvalue weighted by molar-refractivity contribution is 5.97. The van der Waals surface area contributed by atoms with Gasteiger partial charge < -0.3 is 41.3 Å². The molecular formula is C64H86N8O7. The summed E-state index contributed by atoms with van der Waals surface area (Å²) in [4.78, 5) is 106. The van der Waals surface area contributed by atoms with E-state index in [0.717, 1.165) is 53.5 Å². The van der Waals surface area contributed by atoms with Gasteiger partial charge in [-0.15, -0.1) is 0 Å². The molecule has 2 heterocycles. The number of hydrogen-bond donors (Lipinski definition) is 5. The molecule has 0 saturated carbocycles. The third-order valence-corrected chi connectivity index (χ3v) is 16.4. The molecule has 0 bridgehead atoms. The Morgan fingerprint density at radius 1 is 0.684 bits per heavy atom. The van der Waals surface area contributed by atoms with Crippen LogP contribution in [-0.4, -0.2) is 106 Å². The fourth-order valence-corrected chi connectivity index (χ4v) is 11.3. The lowest BCUT2D eigenvalue weighted by Gasteiger charge is -2.44. The molecule has 424 valence electrons. The Balaban J connectivity index is 1.16. The summed E-state index contributed by atoms with van der Waals surface area (Å²) in [6, 6.07) is 27.6. The van der Waals surface area contributed by atoms with Crippen molar-refractivity contribution in [3.8, 4) is 0 Å². The largest absolute Gasteiger partial charge is 0.347 e. The number of rotatable bonds is 19. The summed E-state index contributed by atoms with van der Waals surface area (Å²) >= 11 is 0. The van der Waals surface area contributed by atoms with Gasteiger partial charge in [0.1, 0.15) is 24.2 Å². The lowest BCUT2D eigenvalue weighted by Crippen LogP contribution is -2.61. The summed E-state index contributed by atoms with van der Waals surface area (Å²) in [7, 11) is 1.67. The number of likely N-dealkylation sites (tertiary alicyclic amines) is 1. The van der Waals surface area contributed by atoms with Crippen molar-refractivity contribution in [1.29, 1.82) is 0 Å². The molecule has 7 amide bonds. The summed E-state index contributed by atoms with van der Waals surface area (Å²) in [6.45, 7) is 19.4. The van der Waals surface area contributed by atoms with Crippen LogP contribution in [0, 0.1) is 16.7 Å². The van der Waals surface area contributed by atoms with Gasteiger partial charge >= 0.3 is 0 Å². The summed E-state index contributed by atoms with van der Waals surface area (Å²) in [5.41, 5.74) is 4.88. The van der Waals surface area contributed by atoms with E-state index < -0.39 is 53.0 Å². The second kappa shape index (κ2) is 25.9. The van der Waals surface area contributed by atoms with Gasteiger partial charge in [-0.05, 0) is 109 Å². The first kappa shape index (κ1) is 59.8. The highest BCUT2D eigenvalue weighted by Gasteiger charge is 2.47. The number of nitrogens with zero attached hydrogens (tertiary/aromatic N) is 3. The number of benzene rings is 4. The molecular weight excluding hydrogens is 993 g/mol. The fourth-order valence-electron chi connectivity index (χ4n) is 11.3. The summed E-state index contributed by atoms with van der Waals surface area (Å²) in [5, 5.41) is 15.4. The molecule has 4 aromatic carbocycles. The minimum atomic E-state index is -0.964. The summed E-state index contributed by atoms with van der Waals surface area (Å²) in [6.07, 6.45) is 5.07. The highest BCUT2D eigenvalue weighted by Crippen LogP contribution is 2.35. The second-order valence-corrected chi connectivity index (χ2v) is 24.3. The highest BCUT2D eigenvalue weighted by atomic mass is 16.2. The van der Waals surface area contributed by atoms with E-state index in [9.17, 15) is 24.0 Å². The molecule has 2 aliphatic heterocycles. The maximum Gasteiger partial charge on any atom is 0.251 e. The molecule has 1 saturated heterocycles.